The number of thiophene rings is 1. The van der Waals surface area contributed by atoms with Gasteiger partial charge < -0.3 is 0 Å². The van der Waals surface area contributed by atoms with E-state index in [9.17, 15) is 9.18 Å². The molecule has 0 bridgehead atoms. The molecule has 148 valence electrons. The zero-order valence-corrected chi connectivity index (χ0v) is 18.0. The van der Waals surface area contributed by atoms with Gasteiger partial charge in [0.2, 0.25) is 0 Å². The largest absolute Gasteiger partial charge is 0.297 e. The lowest BCUT2D eigenvalue weighted by atomic mass is 10.1. The number of aromatic amines is 1. The van der Waals surface area contributed by atoms with Gasteiger partial charge in [0.15, 0.2) is 15.7 Å². The number of aromatic nitrogens is 4. The molecule has 0 unspecified atom stereocenters. The normalized spacial score (nSPS) is 11.1. The molecule has 3 aromatic heterocycles. The summed E-state index contributed by atoms with van der Waals surface area (Å²) in [5, 5.41) is 11.1. The second-order valence-corrected chi connectivity index (χ2v) is 8.77. The van der Waals surface area contributed by atoms with Crippen molar-refractivity contribution in [3.8, 4) is 10.7 Å². The van der Waals surface area contributed by atoms with E-state index in [-0.39, 0.29) is 11.7 Å². The van der Waals surface area contributed by atoms with Crippen LogP contribution in [-0.4, -0.2) is 25.7 Å². The fraction of sp³-hybridized carbons (Fsp3) is 0.158. The van der Waals surface area contributed by atoms with Crippen LogP contribution in [0.3, 0.4) is 0 Å². The number of thiazole rings is 1. The lowest BCUT2D eigenvalue weighted by molar-refractivity contribution is 0.103. The second-order valence-electron chi connectivity index (χ2n) is 6.34. The molecule has 2 N–H and O–H groups in total. The predicted octanol–water partition coefficient (Wildman–Crippen LogP) is 5.47. The van der Waals surface area contributed by atoms with Gasteiger partial charge in [-0.1, -0.05) is 17.4 Å². The van der Waals surface area contributed by atoms with Gasteiger partial charge in [0.25, 0.3) is 5.91 Å². The fourth-order valence-electron chi connectivity index (χ4n) is 3.01. The zero-order chi connectivity index (χ0) is 20.7. The number of rotatable bonds is 5. The van der Waals surface area contributed by atoms with Crippen LogP contribution in [0.5, 0.6) is 0 Å². The van der Waals surface area contributed by atoms with E-state index < -0.39 is 0 Å². The third-order valence-corrected chi connectivity index (χ3v) is 7.05. The van der Waals surface area contributed by atoms with Crippen LogP contribution >= 0.6 is 34.9 Å². The van der Waals surface area contributed by atoms with E-state index >= 15 is 0 Å². The van der Waals surface area contributed by atoms with E-state index in [1.54, 1.807) is 12.1 Å². The number of allylic oxidation sites excluding steroid dienone is 1. The van der Waals surface area contributed by atoms with E-state index in [0.717, 1.165) is 26.2 Å². The van der Waals surface area contributed by atoms with Crippen LogP contribution in [0, 0.1) is 24.4 Å². The first-order valence-corrected chi connectivity index (χ1v) is 10.7. The molecule has 4 aromatic rings. The molecule has 0 atom stereocenters. The molecule has 1 amide bonds. The van der Waals surface area contributed by atoms with E-state index in [2.05, 4.69) is 27.1 Å². The Morgan fingerprint density at radius 2 is 2.21 bits per heavy atom. The summed E-state index contributed by atoms with van der Waals surface area (Å²) in [6, 6.07) is 4.53. The van der Waals surface area contributed by atoms with Gasteiger partial charge in [0.1, 0.15) is 5.82 Å². The quantitative estimate of drug-likeness (QED) is 0.315. The molecule has 0 saturated heterocycles. The van der Waals surface area contributed by atoms with Crippen LogP contribution in [0.1, 0.15) is 20.9 Å². The predicted molar refractivity (Wildman–Crippen MR) is 118 cm³/mol. The van der Waals surface area contributed by atoms with E-state index in [1.807, 2.05) is 18.4 Å². The molecule has 0 aliphatic rings. The van der Waals surface area contributed by atoms with Crippen molar-refractivity contribution in [1.82, 2.24) is 19.7 Å². The Hall–Kier alpha value is -2.69. The van der Waals surface area contributed by atoms with Gasteiger partial charge in [-0.25, -0.2) is 9.37 Å². The highest BCUT2D eigenvalue weighted by atomic mass is 32.1. The molecule has 0 fully saturated rings. The molecule has 3 heterocycles. The van der Waals surface area contributed by atoms with Crippen molar-refractivity contribution >= 4 is 56.0 Å². The number of nitrogens with zero attached hydrogens (tertiary/aromatic N) is 3. The van der Waals surface area contributed by atoms with Crippen molar-refractivity contribution in [2.45, 2.75) is 20.4 Å². The number of benzene rings is 1. The number of nitrogens with one attached hydrogen (secondary N) is 2. The number of carbonyl (C=O) groups excluding carboxylic acids is 1. The van der Waals surface area contributed by atoms with Crippen LogP contribution < -0.4 is 5.32 Å². The SMILES string of the molecule is C=CCn1c(-c2sc(NC(=O)c3sc4ccc(F)cc4c3C)nc2C)n[nH]c1=S. The highest BCUT2D eigenvalue weighted by Crippen LogP contribution is 2.34. The number of amides is 1. The average Bonchev–Trinajstić information content (AvgIpc) is 3.32. The molecular weight excluding hydrogens is 429 g/mol. The van der Waals surface area contributed by atoms with Crippen molar-refractivity contribution in [3.05, 3.63) is 57.6 Å². The highest BCUT2D eigenvalue weighted by molar-refractivity contribution is 7.71. The number of carbonyl (C=O) groups is 1. The molecule has 0 aliphatic carbocycles. The maximum absolute atomic E-state index is 13.5. The minimum atomic E-state index is -0.321. The van der Waals surface area contributed by atoms with Crippen LogP contribution in [-0.2, 0) is 6.54 Å². The Bertz CT molecular complexity index is 1310. The lowest BCUT2D eigenvalue weighted by Gasteiger charge is -2.01. The number of aryl methyl sites for hydroxylation is 2. The third-order valence-electron chi connectivity index (χ3n) is 4.39. The minimum absolute atomic E-state index is 0.269. The molecule has 4 rings (SSSR count). The average molecular weight is 446 g/mol. The Morgan fingerprint density at radius 1 is 1.41 bits per heavy atom. The minimum Gasteiger partial charge on any atom is -0.297 e. The topological polar surface area (TPSA) is 75.6 Å². The molecule has 0 spiro atoms. The molecule has 10 heteroatoms. The number of hydrogen-bond acceptors (Lipinski definition) is 6. The summed E-state index contributed by atoms with van der Waals surface area (Å²) in [6.45, 7) is 7.93. The van der Waals surface area contributed by atoms with Crippen molar-refractivity contribution in [2.24, 2.45) is 0 Å². The summed E-state index contributed by atoms with van der Waals surface area (Å²) in [6.07, 6.45) is 1.74. The maximum Gasteiger partial charge on any atom is 0.267 e. The number of fused-ring (bicyclic) bond motifs is 1. The number of hydrogen-bond donors (Lipinski definition) is 2. The summed E-state index contributed by atoms with van der Waals surface area (Å²) >= 11 is 7.92. The Morgan fingerprint density at radius 3 is 2.97 bits per heavy atom. The van der Waals surface area contributed by atoms with Crippen LogP contribution in [0.2, 0.25) is 0 Å². The van der Waals surface area contributed by atoms with E-state index in [0.29, 0.717) is 27.1 Å². The van der Waals surface area contributed by atoms with Gasteiger partial charge in [-0.15, -0.1) is 17.9 Å². The summed E-state index contributed by atoms with van der Waals surface area (Å²) in [7, 11) is 0. The van der Waals surface area contributed by atoms with Crippen molar-refractivity contribution < 1.29 is 9.18 Å². The molecule has 0 radical (unpaired) electrons. The molecular formula is C19H16FN5OS3. The molecule has 29 heavy (non-hydrogen) atoms. The monoisotopic (exact) mass is 445 g/mol. The lowest BCUT2D eigenvalue weighted by Crippen LogP contribution is -2.11. The van der Waals surface area contributed by atoms with Gasteiger partial charge in [-0.2, -0.15) is 5.10 Å². The van der Waals surface area contributed by atoms with Crippen molar-refractivity contribution in [2.75, 3.05) is 5.32 Å². The second kappa shape index (κ2) is 7.62. The highest BCUT2D eigenvalue weighted by Gasteiger charge is 2.20. The van der Waals surface area contributed by atoms with E-state index in [1.165, 1.54) is 34.8 Å². The number of anilines is 1. The third kappa shape index (κ3) is 3.54. The van der Waals surface area contributed by atoms with Gasteiger partial charge in [-0.05, 0) is 55.2 Å². The Kier molecular flexibility index (Phi) is 5.15. The summed E-state index contributed by atoms with van der Waals surface area (Å²) in [5.74, 6) is 0.0618. The first-order valence-electron chi connectivity index (χ1n) is 8.63. The Balaban J connectivity index is 1.66. The number of H-pyrrole nitrogens is 1. The first kappa shape index (κ1) is 19.6. The molecule has 1 aromatic carbocycles. The molecule has 0 aliphatic heterocycles. The fourth-order valence-corrected chi connectivity index (χ4v) is 5.26. The van der Waals surface area contributed by atoms with Crippen LogP contribution in [0.4, 0.5) is 9.52 Å². The number of halogens is 1. The van der Waals surface area contributed by atoms with Crippen LogP contribution in [0.25, 0.3) is 20.8 Å². The summed E-state index contributed by atoms with van der Waals surface area (Å²) in [4.78, 5) is 18.6. The standard InChI is InChI=1S/C19H16FN5OS3/c1-4-7-25-16(23-24-19(25)27)15-10(3)21-18(29-15)22-17(26)14-9(2)12-8-11(20)5-6-13(12)28-14/h4-6,8H,1,7H2,2-3H3,(H,24,27)(H,21,22,26). The smallest absolute Gasteiger partial charge is 0.267 e. The van der Waals surface area contributed by atoms with E-state index in [4.69, 9.17) is 12.2 Å². The van der Waals surface area contributed by atoms with Gasteiger partial charge in [0.05, 0.1) is 15.4 Å². The van der Waals surface area contributed by atoms with Gasteiger partial charge >= 0.3 is 0 Å². The first-order chi connectivity index (χ1) is 13.9. The maximum atomic E-state index is 13.5. The Labute approximate surface area is 178 Å². The molecule has 0 saturated carbocycles. The molecule has 6 nitrogen and oxygen atoms in total. The zero-order valence-electron chi connectivity index (χ0n) is 15.6. The van der Waals surface area contributed by atoms with Crippen molar-refractivity contribution in [3.63, 3.8) is 0 Å². The van der Waals surface area contributed by atoms with Gasteiger partial charge in [0, 0.05) is 11.2 Å². The summed E-state index contributed by atoms with van der Waals surface area (Å²) in [5.41, 5.74) is 1.49. The summed E-state index contributed by atoms with van der Waals surface area (Å²) < 4.78 is 16.7. The van der Waals surface area contributed by atoms with Crippen molar-refractivity contribution in [1.29, 1.82) is 0 Å². The van der Waals surface area contributed by atoms with Crippen LogP contribution in [0.15, 0.2) is 30.9 Å². The van der Waals surface area contributed by atoms with Gasteiger partial charge in [-0.3, -0.25) is 19.8 Å².